The molecule has 0 aromatic heterocycles. The molecule has 0 bridgehead atoms. The second-order valence-corrected chi connectivity index (χ2v) is 9.64. The monoisotopic (exact) mass is 308 g/mol. The van der Waals surface area contributed by atoms with Crippen molar-refractivity contribution in [2.24, 2.45) is 11.8 Å². The molecule has 0 spiro atoms. The van der Waals surface area contributed by atoms with Crippen LogP contribution in [0.5, 0.6) is 0 Å². The molecule has 2 aliphatic rings. The Balaban J connectivity index is 2.40. The van der Waals surface area contributed by atoms with Crippen LogP contribution in [0, 0.1) is 11.8 Å². The van der Waals surface area contributed by atoms with Crippen molar-refractivity contribution >= 4 is 11.6 Å². The van der Waals surface area contributed by atoms with Crippen LogP contribution in [0.4, 0.5) is 0 Å². The lowest BCUT2D eigenvalue weighted by Gasteiger charge is -2.52. The van der Waals surface area contributed by atoms with E-state index in [-0.39, 0.29) is 28.6 Å². The fourth-order valence-electron chi connectivity index (χ4n) is 4.87. The fourth-order valence-corrected chi connectivity index (χ4v) is 4.87. The third-order valence-corrected chi connectivity index (χ3v) is 5.12. The summed E-state index contributed by atoms with van der Waals surface area (Å²) in [4.78, 5) is 25.9. The first-order chi connectivity index (χ1) is 9.67. The zero-order valence-electron chi connectivity index (χ0n) is 15.4. The van der Waals surface area contributed by atoms with Gasteiger partial charge in [-0.2, -0.15) is 0 Å². The smallest absolute Gasteiger partial charge is 0.163 e. The van der Waals surface area contributed by atoms with Gasteiger partial charge in [0.2, 0.25) is 0 Å². The van der Waals surface area contributed by atoms with Crippen molar-refractivity contribution in [2.75, 3.05) is 0 Å². The maximum atomic E-state index is 13.0. The van der Waals surface area contributed by atoms with Gasteiger partial charge in [0.1, 0.15) is 0 Å². The maximum Gasteiger partial charge on any atom is 0.163 e. The zero-order chi connectivity index (χ0) is 17.1. The highest BCUT2D eigenvalue weighted by Crippen LogP contribution is 2.42. The number of Topliss-reactive ketones (excluding diaryl/α,β-unsaturated/α-hetero) is 2. The number of carbonyl (C=O) groups is 2. The average molecular weight is 308 g/mol. The molecule has 2 N–H and O–H groups in total. The largest absolute Gasteiger partial charge is 0.307 e. The third-order valence-electron chi connectivity index (χ3n) is 5.12. The average Bonchev–Trinajstić information content (AvgIpc) is 2.21. The van der Waals surface area contributed by atoms with Gasteiger partial charge in [0.25, 0.3) is 0 Å². The van der Waals surface area contributed by atoms with Gasteiger partial charge in [-0.05, 0) is 74.1 Å². The summed E-state index contributed by atoms with van der Waals surface area (Å²) in [5, 5.41) is 6.86. The Hall–Kier alpha value is -0.740. The Morgan fingerprint density at radius 3 is 1.45 bits per heavy atom. The first-order valence-corrected chi connectivity index (χ1v) is 8.34. The summed E-state index contributed by atoms with van der Waals surface area (Å²) in [5.74, 6) is -0.288. The number of nitrogens with one attached hydrogen (secondary N) is 2. The van der Waals surface area contributed by atoms with Gasteiger partial charge in [-0.1, -0.05) is 0 Å². The summed E-state index contributed by atoms with van der Waals surface area (Å²) in [6.07, 6.45) is 1.70. The van der Waals surface area contributed by atoms with E-state index in [0.29, 0.717) is 0 Å². The quantitative estimate of drug-likeness (QED) is 0.731. The van der Waals surface area contributed by atoms with Crippen LogP contribution in [0.25, 0.3) is 0 Å². The second kappa shape index (κ2) is 4.88. The molecule has 0 amide bonds. The van der Waals surface area contributed by atoms with E-state index in [1.807, 2.05) is 27.7 Å². The van der Waals surface area contributed by atoms with E-state index >= 15 is 0 Å². The number of piperidine rings is 2. The summed E-state index contributed by atoms with van der Waals surface area (Å²) in [6, 6.07) is 0. The van der Waals surface area contributed by atoms with Crippen molar-refractivity contribution in [1.82, 2.24) is 10.6 Å². The van der Waals surface area contributed by atoms with Gasteiger partial charge in [0.15, 0.2) is 11.6 Å². The van der Waals surface area contributed by atoms with Gasteiger partial charge in [-0.25, -0.2) is 0 Å². The van der Waals surface area contributed by atoms with Crippen molar-refractivity contribution in [2.45, 2.75) is 90.4 Å². The van der Waals surface area contributed by atoms with E-state index < -0.39 is 17.0 Å². The van der Waals surface area contributed by atoms with Crippen LogP contribution in [0.15, 0.2) is 0 Å². The molecule has 2 fully saturated rings. The number of hydrogen-bond donors (Lipinski definition) is 2. The minimum absolute atomic E-state index is 0.0512. The number of hydrogen-bond acceptors (Lipinski definition) is 4. The third kappa shape index (κ3) is 3.13. The van der Waals surface area contributed by atoms with Gasteiger partial charge in [-0.15, -0.1) is 0 Å². The molecule has 0 aromatic carbocycles. The Morgan fingerprint density at radius 2 is 1.09 bits per heavy atom. The summed E-state index contributed by atoms with van der Waals surface area (Å²) in [5.41, 5.74) is -1.43. The van der Waals surface area contributed by atoms with Gasteiger partial charge >= 0.3 is 0 Å². The second-order valence-electron chi connectivity index (χ2n) is 9.64. The van der Waals surface area contributed by atoms with Crippen molar-refractivity contribution in [3.63, 3.8) is 0 Å². The Morgan fingerprint density at radius 1 is 0.727 bits per heavy atom. The first kappa shape index (κ1) is 17.6. The van der Waals surface area contributed by atoms with E-state index in [4.69, 9.17) is 0 Å². The predicted molar refractivity (Wildman–Crippen MR) is 88.8 cm³/mol. The standard InChI is InChI=1S/C18H32N2O2/c1-15(2)9-11(10-16(3,4)19-15)12-13(21)17(5,6)20-18(7,8)14(12)22/h11-12,19-20H,9-10H2,1-8H3. The van der Waals surface area contributed by atoms with E-state index in [2.05, 4.69) is 38.3 Å². The highest BCUT2D eigenvalue weighted by Gasteiger charge is 2.55. The van der Waals surface area contributed by atoms with Crippen molar-refractivity contribution in [1.29, 1.82) is 0 Å². The molecule has 4 heteroatoms. The minimum Gasteiger partial charge on any atom is -0.307 e. The van der Waals surface area contributed by atoms with Crippen molar-refractivity contribution in [3.05, 3.63) is 0 Å². The minimum atomic E-state index is -0.652. The molecule has 2 heterocycles. The maximum absolute atomic E-state index is 13.0. The Kier molecular flexibility index (Phi) is 3.90. The van der Waals surface area contributed by atoms with E-state index in [9.17, 15) is 9.59 Å². The van der Waals surface area contributed by atoms with E-state index in [1.165, 1.54) is 0 Å². The Labute approximate surface area is 134 Å². The normalized spacial score (nSPS) is 31.3. The van der Waals surface area contributed by atoms with Crippen LogP contribution in [-0.4, -0.2) is 33.7 Å². The van der Waals surface area contributed by atoms with Gasteiger partial charge in [0, 0.05) is 11.1 Å². The topological polar surface area (TPSA) is 58.2 Å². The summed E-state index contributed by atoms with van der Waals surface area (Å²) in [6.45, 7) is 16.2. The Bertz CT molecular complexity index is 461. The molecule has 0 saturated carbocycles. The van der Waals surface area contributed by atoms with Crippen molar-refractivity contribution in [3.8, 4) is 0 Å². The molecule has 0 aliphatic carbocycles. The number of ketones is 2. The molecule has 126 valence electrons. The van der Waals surface area contributed by atoms with Crippen molar-refractivity contribution < 1.29 is 9.59 Å². The predicted octanol–water partition coefficient (Wildman–Crippen LogP) is 2.46. The van der Waals surface area contributed by atoms with E-state index in [0.717, 1.165) is 12.8 Å². The van der Waals surface area contributed by atoms with Gasteiger partial charge in [-0.3, -0.25) is 14.9 Å². The van der Waals surface area contributed by atoms with E-state index in [1.54, 1.807) is 0 Å². The molecule has 22 heavy (non-hydrogen) atoms. The lowest BCUT2D eigenvalue weighted by atomic mass is 9.62. The zero-order valence-corrected chi connectivity index (χ0v) is 15.4. The highest BCUT2D eigenvalue weighted by atomic mass is 16.2. The number of rotatable bonds is 1. The van der Waals surface area contributed by atoms with Gasteiger partial charge < -0.3 is 5.32 Å². The van der Waals surface area contributed by atoms with Crippen LogP contribution in [0.1, 0.15) is 68.2 Å². The van der Waals surface area contributed by atoms with Crippen LogP contribution < -0.4 is 10.6 Å². The van der Waals surface area contributed by atoms with Crippen LogP contribution in [0.2, 0.25) is 0 Å². The van der Waals surface area contributed by atoms with Crippen LogP contribution in [0.3, 0.4) is 0 Å². The van der Waals surface area contributed by atoms with Crippen LogP contribution in [-0.2, 0) is 9.59 Å². The lowest BCUT2D eigenvalue weighted by molar-refractivity contribution is -0.149. The summed E-state index contributed by atoms with van der Waals surface area (Å²) in [7, 11) is 0. The highest BCUT2D eigenvalue weighted by molar-refractivity contribution is 6.12. The van der Waals surface area contributed by atoms with Crippen LogP contribution >= 0.6 is 0 Å². The SMILES string of the molecule is CC1(C)CC(C2C(=O)C(C)(C)NC(C)(C)C2=O)CC(C)(C)N1. The number of carbonyl (C=O) groups excluding carboxylic acids is 2. The molecule has 0 atom stereocenters. The fraction of sp³-hybridized carbons (Fsp3) is 0.889. The van der Waals surface area contributed by atoms with Gasteiger partial charge in [0.05, 0.1) is 17.0 Å². The molecular weight excluding hydrogens is 276 g/mol. The molecule has 0 unspecified atom stereocenters. The molecule has 0 aromatic rings. The molecular formula is C18H32N2O2. The first-order valence-electron chi connectivity index (χ1n) is 8.34. The molecule has 2 aliphatic heterocycles. The molecule has 2 saturated heterocycles. The molecule has 4 nitrogen and oxygen atoms in total. The molecule has 2 rings (SSSR count). The lowest BCUT2D eigenvalue weighted by Crippen LogP contribution is -2.71. The molecule has 0 radical (unpaired) electrons. The summed E-state index contributed by atoms with van der Waals surface area (Å²) < 4.78 is 0. The summed E-state index contributed by atoms with van der Waals surface area (Å²) >= 11 is 0.